The van der Waals surface area contributed by atoms with E-state index in [4.69, 9.17) is 14.2 Å². The summed E-state index contributed by atoms with van der Waals surface area (Å²) in [6.45, 7) is 0.152. The first-order chi connectivity index (χ1) is 15.4. The molecular weight excluding hydrogens is 416 g/mol. The highest BCUT2D eigenvalue weighted by atomic mass is 16.6. The molecule has 9 nitrogen and oxygen atoms in total. The number of benzene rings is 3. The standard InChI is InChI=1S/C23H20N2O7/c1-30-20-11-7-18(8-12-20)24(15-16-3-5-17(6-4-16)22(26)31-2)23(27)32-21-13-9-19(10-14-21)25(28)29/h3-14H,15H2,1-2H3. The third-order valence-electron chi connectivity index (χ3n) is 4.57. The van der Waals surface area contributed by atoms with E-state index in [0.29, 0.717) is 17.0 Å². The number of nitrogens with zero attached hydrogens (tertiary/aromatic N) is 2. The summed E-state index contributed by atoms with van der Waals surface area (Å²) in [5, 5.41) is 10.8. The van der Waals surface area contributed by atoms with E-state index in [-0.39, 0.29) is 18.0 Å². The summed E-state index contributed by atoms with van der Waals surface area (Å²) in [6, 6.07) is 18.7. The number of methoxy groups -OCH3 is 2. The van der Waals surface area contributed by atoms with E-state index in [1.807, 2.05) is 0 Å². The summed E-state index contributed by atoms with van der Waals surface area (Å²) in [7, 11) is 2.84. The number of nitro benzene ring substituents is 1. The second-order valence-corrected chi connectivity index (χ2v) is 6.59. The molecule has 164 valence electrons. The van der Waals surface area contributed by atoms with Crippen molar-refractivity contribution >= 4 is 23.4 Å². The number of non-ortho nitro benzene ring substituents is 1. The first kappa shape index (κ1) is 22.3. The summed E-state index contributed by atoms with van der Waals surface area (Å²) < 4.78 is 15.3. The van der Waals surface area contributed by atoms with Crippen molar-refractivity contribution in [2.45, 2.75) is 6.54 Å². The number of hydrogen-bond acceptors (Lipinski definition) is 7. The van der Waals surface area contributed by atoms with E-state index in [2.05, 4.69) is 0 Å². The maximum atomic E-state index is 13.0. The average Bonchev–Trinajstić information content (AvgIpc) is 2.82. The van der Waals surface area contributed by atoms with Crippen molar-refractivity contribution < 1.29 is 28.7 Å². The molecular formula is C23H20N2O7. The van der Waals surface area contributed by atoms with Gasteiger partial charge in [0.2, 0.25) is 0 Å². The molecule has 0 spiro atoms. The molecule has 32 heavy (non-hydrogen) atoms. The zero-order valence-corrected chi connectivity index (χ0v) is 17.4. The van der Waals surface area contributed by atoms with Gasteiger partial charge in [0.15, 0.2) is 0 Å². The Morgan fingerprint density at radius 3 is 2.00 bits per heavy atom. The smallest absolute Gasteiger partial charge is 0.420 e. The third kappa shape index (κ3) is 5.39. The molecule has 0 N–H and O–H groups in total. The fraction of sp³-hybridized carbons (Fsp3) is 0.130. The summed E-state index contributed by atoms with van der Waals surface area (Å²) >= 11 is 0. The minimum atomic E-state index is -0.680. The van der Waals surface area contributed by atoms with Crippen molar-refractivity contribution in [2.75, 3.05) is 19.1 Å². The molecule has 3 aromatic rings. The predicted molar refractivity (Wildman–Crippen MR) is 116 cm³/mol. The Bertz CT molecular complexity index is 1090. The van der Waals surface area contributed by atoms with Crippen LogP contribution in [0.25, 0.3) is 0 Å². The van der Waals surface area contributed by atoms with Gasteiger partial charge < -0.3 is 14.2 Å². The first-order valence-electron chi connectivity index (χ1n) is 9.46. The lowest BCUT2D eigenvalue weighted by atomic mass is 10.1. The Balaban J connectivity index is 1.84. The van der Waals surface area contributed by atoms with E-state index >= 15 is 0 Å². The lowest BCUT2D eigenvalue weighted by molar-refractivity contribution is -0.384. The van der Waals surface area contributed by atoms with Crippen LogP contribution in [0.5, 0.6) is 11.5 Å². The second kappa shape index (κ2) is 10.1. The lowest BCUT2D eigenvalue weighted by Crippen LogP contribution is -2.33. The van der Waals surface area contributed by atoms with Crippen LogP contribution in [-0.2, 0) is 11.3 Å². The number of nitro groups is 1. The maximum absolute atomic E-state index is 13.0. The van der Waals surface area contributed by atoms with E-state index in [1.165, 1.54) is 36.3 Å². The van der Waals surface area contributed by atoms with Crippen LogP contribution < -0.4 is 14.4 Å². The van der Waals surface area contributed by atoms with Gasteiger partial charge in [-0.2, -0.15) is 0 Å². The van der Waals surface area contributed by atoms with Crippen LogP contribution in [0.3, 0.4) is 0 Å². The minimum absolute atomic E-state index is 0.109. The van der Waals surface area contributed by atoms with Gasteiger partial charge in [-0.3, -0.25) is 15.0 Å². The highest BCUT2D eigenvalue weighted by Crippen LogP contribution is 2.24. The number of esters is 1. The summed E-state index contributed by atoms with van der Waals surface area (Å²) in [6.07, 6.45) is -0.680. The fourth-order valence-electron chi connectivity index (χ4n) is 2.86. The van der Waals surface area contributed by atoms with Crippen molar-refractivity contribution in [1.82, 2.24) is 0 Å². The second-order valence-electron chi connectivity index (χ2n) is 6.59. The number of carbonyl (C=O) groups excluding carboxylic acids is 2. The Labute approximate surface area is 183 Å². The van der Waals surface area contributed by atoms with Gasteiger partial charge >= 0.3 is 12.1 Å². The van der Waals surface area contributed by atoms with Gasteiger partial charge in [0.25, 0.3) is 5.69 Å². The largest absolute Gasteiger partial charge is 0.497 e. The summed E-state index contributed by atoms with van der Waals surface area (Å²) in [5.74, 6) is 0.334. The van der Waals surface area contributed by atoms with Gasteiger partial charge in [-0.05, 0) is 54.1 Å². The number of rotatable bonds is 7. The molecule has 0 aliphatic carbocycles. The van der Waals surface area contributed by atoms with Gasteiger partial charge in [0.05, 0.1) is 31.3 Å². The highest BCUT2D eigenvalue weighted by Gasteiger charge is 2.20. The van der Waals surface area contributed by atoms with Crippen LogP contribution in [0.1, 0.15) is 15.9 Å². The Morgan fingerprint density at radius 2 is 1.47 bits per heavy atom. The predicted octanol–water partition coefficient (Wildman–Crippen LogP) is 4.60. The number of ether oxygens (including phenoxy) is 3. The van der Waals surface area contributed by atoms with Crippen LogP contribution >= 0.6 is 0 Å². The summed E-state index contributed by atoms with van der Waals surface area (Å²) in [5.41, 5.74) is 1.58. The van der Waals surface area contributed by atoms with Crippen molar-refractivity contribution in [3.8, 4) is 11.5 Å². The molecule has 0 aromatic heterocycles. The molecule has 0 unspecified atom stereocenters. The van der Waals surface area contributed by atoms with Gasteiger partial charge in [-0.25, -0.2) is 9.59 Å². The molecule has 0 aliphatic rings. The number of amides is 1. The van der Waals surface area contributed by atoms with E-state index in [0.717, 1.165) is 5.56 Å². The Kier molecular flexibility index (Phi) is 7.02. The minimum Gasteiger partial charge on any atom is -0.497 e. The normalized spacial score (nSPS) is 10.2. The van der Waals surface area contributed by atoms with Gasteiger partial charge in [-0.15, -0.1) is 0 Å². The van der Waals surface area contributed by atoms with Crippen molar-refractivity contribution in [3.05, 3.63) is 94.0 Å². The monoisotopic (exact) mass is 436 g/mol. The van der Waals surface area contributed by atoms with Crippen LogP contribution in [-0.4, -0.2) is 31.2 Å². The van der Waals surface area contributed by atoms with Crippen LogP contribution in [0.15, 0.2) is 72.8 Å². The topological polar surface area (TPSA) is 108 Å². The van der Waals surface area contributed by atoms with E-state index in [9.17, 15) is 19.7 Å². The molecule has 3 aromatic carbocycles. The Hall–Kier alpha value is -4.40. The first-order valence-corrected chi connectivity index (χ1v) is 9.46. The fourth-order valence-corrected chi connectivity index (χ4v) is 2.86. The van der Waals surface area contributed by atoms with Crippen molar-refractivity contribution in [3.63, 3.8) is 0 Å². The molecule has 9 heteroatoms. The van der Waals surface area contributed by atoms with Gasteiger partial charge in [-0.1, -0.05) is 12.1 Å². The average molecular weight is 436 g/mol. The molecule has 0 bridgehead atoms. The molecule has 0 atom stereocenters. The quantitative estimate of drug-likeness (QED) is 0.303. The summed E-state index contributed by atoms with van der Waals surface area (Å²) in [4.78, 5) is 36.3. The molecule has 0 aliphatic heterocycles. The van der Waals surface area contributed by atoms with Crippen molar-refractivity contribution in [2.24, 2.45) is 0 Å². The maximum Gasteiger partial charge on any atom is 0.420 e. The zero-order valence-electron chi connectivity index (χ0n) is 17.4. The molecule has 3 rings (SSSR count). The zero-order chi connectivity index (χ0) is 23.1. The highest BCUT2D eigenvalue weighted by molar-refractivity contribution is 5.90. The number of anilines is 1. The van der Waals surface area contributed by atoms with Crippen LogP contribution in [0.4, 0.5) is 16.2 Å². The SMILES string of the molecule is COC(=O)c1ccc(CN(C(=O)Oc2ccc([N+](=O)[O-])cc2)c2ccc(OC)cc2)cc1. The van der Waals surface area contributed by atoms with E-state index < -0.39 is 17.0 Å². The molecule has 0 saturated carbocycles. The lowest BCUT2D eigenvalue weighted by Gasteiger charge is -2.22. The van der Waals surface area contributed by atoms with Crippen LogP contribution in [0.2, 0.25) is 0 Å². The molecule has 0 heterocycles. The molecule has 0 saturated heterocycles. The molecule has 0 fully saturated rings. The van der Waals surface area contributed by atoms with Gasteiger partial charge in [0.1, 0.15) is 11.5 Å². The number of carbonyl (C=O) groups is 2. The Morgan fingerprint density at radius 1 is 0.875 bits per heavy atom. The molecule has 1 amide bonds. The van der Waals surface area contributed by atoms with E-state index in [1.54, 1.807) is 55.6 Å². The molecule has 0 radical (unpaired) electrons. The third-order valence-corrected chi connectivity index (χ3v) is 4.57. The van der Waals surface area contributed by atoms with Crippen LogP contribution in [0, 0.1) is 10.1 Å². The van der Waals surface area contributed by atoms with Gasteiger partial charge in [0, 0.05) is 17.8 Å². The number of hydrogen-bond donors (Lipinski definition) is 0. The van der Waals surface area contributed by atoms with Crippen molar-refractivity contribution in [1.29, 1.82) is 0 Å².